The van der Waals surface area contributed by atoms with Crippen LogP contribution < -0.4 is 10.6 Å². The summed E-state index contributed by atoms with van der Waals surface area (Å²) in [6.45, 7) is 2.34. The maximum atomic E-state index is 12.0. The van der Waals surface area contributed by atoms with Gasteiger partial charge in [0.05, 0.1) is 6.42 Å². The van der Waals surface area contributed by atoms with Gasteiger partial charge in [0.25, 0.3) is 5.91 Å². The van der Waals surface area contributed by atoms with Gasteiger partial charge in [-0.15, -0.1) is 0 Å². The molecule has 1 saturated heterocycles. The van der Waals surface area contributed by atoms with Crippen LogP contribution in [0, 0.1) is 0 Å². The first kappa shape index (κ1) is 14.7. The summed E-state index contributed by atoms with van der Waals surface area (Å²) in [5.74, 6) is -0.414. The highest BCUT2D eigenvalue weighted by molar-refractivity contribution is 7.80. The number of carbonyl (C=O) groups is 2. The van der Waals surface area contributed by atoms with E-state index in [0.29, 0.717) is 22.4 Å². The molecule has 2 rings (SSSR count). The third-order valence-electron chi connectivity index (χ3n) is 2.94. The molecule has 1 aromatic carbocycles. The fourth-order valence-electron chi connectivity index (χ4n) is 1.95. The molecule has 2 amide bonds. The van der Waals surface area contributed by atoms with E-state index in [4.69, 9.17) is 23.8 Å². The van der Waals surface area contributed by atoms with E-state index in [2.05, 4.69) is 10.6 Å². The van der Waals surface area contributed by atoms with Gasteiger partial charge < -0.3 is 10.6 Å². The molecule has 1 heterocycles. The normalized spacial score (nSPS) is 18.1. The quantitative estimate of drug-likeness (QED) is 0.832. The molecule has 1 aromatic rings. The largest absolute Gasteiger partial charge is 0.350 e. The van der Waals surface area contributed by atoms with E-state index in [1.54, 1.807) is 24.3 Å². The van der Waals surface area contributed by atoms with Crippen molar-refractivity contribution in [3.63, 3.8) is 0 Å². The highest BCUT2D eigenvalue weighted by Gasteiger charge is 2.35. The van der Waals surface area contributed by atoms with Crippen LogP contribution in [-0.4, -0.2) is 34.4 Å². The molecule has 106 valence electrons. The molecule has 0 aliphatic carbocycles. The van der Waals surface area contributed by atoms with Crippen molar-refractivity contribution in [3.05, 3.63) is 29.3 Å². The lowest BCUT2D eigenvalue weighted by Gasteiger charge is -2.11. The summed E-state index contributed by atoms with van der Waals surface area (Å²) < 4.78 is 0. The minimum Gasteiger partial charge on any atom is -0.350 e. The number of halogens is 1. The fourth-order valence-corrected chi connectivity index (χ4v) is 2.43. The lowest BCUT2D eigenvalue weighted by Crippen LogP contribution is -2.34. The number of rotatable bonds is 4. The summed E-state index contributed by atoms with van der Waals surface area (Å²) in [6.07, 6.45) is 0.0398. The Morgan fingerprint density at radius 3 is 2.65 bits per heavy atom. The number of amides is 2. The molecule has 20 heavy (non-hydrogen) atoms. The van der Waals surface area contributed by atoms with Gasteiger partial charge in [-0.1, -0.05) is 11.6 Å². The van der Waals surface area contributed by atoms with Crippen molar-refractivity contribution in [1.29, 1.82) is 0 Å². The number of nitrogens with one attached hydrogen (secondary N) is 2. The second-order valence-corrected chi connectivity index (χ2v) is 5.17. The minimum absolute atomic E-state index is 0.0398. The Morgan fingerprint density at radius 1 is 1.45 bits per heavy atom. The van der Waals surface area contributed by atoms with E-state index in [0.717, 1.165) is 0 Å². The molecule has 0 radical (unpaired) electrons. The van der Waals surface area contributed by atoms with E-state index < -0.39 is 6.04 Å². The summed E-state index contributed by atoms with van der Waals surface area (Å²) in [5.41, 5.74) is 0.639. The first-order chi connectivity index (χ1) is 9.51. The van der Waals surface area contributed by atoms with Crippen LogP contribution in [0.1, 0.15) is 13.3 Å². The Kier molecular flexibility index (Phi) is 4.57. The van der Waals surface area contributed by atoms with Gasteiger partial charge in [0.1, 0.15) is 6.04 Å². The number of anilines is 1. The van der Waals surface area contributed by atoms with Crippen LogP contribution in [0.4, 0.5) is 5.69 Å². The van der Waals surface area contributed by atoms with Gasteiger partial charge in [-0.3, -0.25) is 14.5 Å². The number of benzene rings is 1. The summed E-state index contributed by atoms with van der Waals surface area (Å²) in [7, 11) is 0. The molecule has 5 nitrogen and oxygen atoms in total. The lowest BCUT2D eigenvalue weighted by atomic mass is 10.2. The van der Waals surface area contributed by atoms with E-state index in [1.807, 2.05) is 6.92 Å². The number of likely N-dealkylation sites (N-methyl/N-ethyl adjacent to an activating group) is 1. The van der Waals surface area contributed by atoms with Crippen molar-refractivity contribution >= 4 is 46.4 Å². The van der Waals surface area contributed by atoms with Gasteiger partial charge in [-0.2, -0.15) is 0 Å². The number of nitrogens with zero attached hydrogens (tertiary/aromatic N) is 1. The molecule has 7 heteroatoms. The Hall–Kier alpha value is -1.66. The molecule has 1 aliphatic rings. The molecule has 0 bridgehead atoms. The van der Waals surface area contributed by atoms with Crippen LogP contribution in [0.2, 0.25) is 5.02 Å². The van der Waals surface area contributed by atoms with Crippen molar-refractivity contribution < 1.29 is 9.59 Å². The molecule has 0 saturated carbocycles. The zero-order chi connectivity index (χ0) is 14.7. The average Bonchev–Trinajstić information content (AvgIpc) is 2.67. The van der Waals surface area contributed by atoms with Gasteiger partial charge in [0.2, 0.25) is 5.91 Å². The summed E-state index contributed by atoms with van der Waals surface area (Å²) >= 11 is 10.8. The highest BCUT2D eigenvalue weighted by Crippen LogP contribution is 2.15. The summed E-state index contributed by atoms with van der Waals surface area (Å²) in [4.78, 5) is 25.3. The standard InChI is InChI=1S/C13H14ClN3O2S/c1-2-17-12(19)10(16-13(17)20)7-11(18)15-9-5-3-8(14)4-6-9/h3-6,10H,2,7H2,1H3,(H,15,18)(H,16,20). The van der Waals surface area contributed by atoms with Crippen LogP contribution in [-0.2, 0) is 9.59 Å². The molecule has 1 aliphatic heterocycles. The Balaban J connectivity index is 1.94. The van der Waals surface area contributed by atoms with Crippen molar-refractivity contribution in [3.8, 4) is 0 Å². The van der Waals surface area contributed by atoms with Crippen molar-refractivity contribution in [2.24, 2.45) is 0 Å². The Labute approximate surface area is 127 Å². The topological polar surface area (TPSA) is 61.4 Å². The molecule has 1 atom stereocenters. The predicted octanol–water partition coefficient (Wildman–Crippen LogP) is 1.77. The minimum atomic E-state index is -0.588. The Morgan fingerprint density at radius 2 is 2.10 bits per heavy atom. The van der Waals surface area contributed by atoms with E-state index in [1.165, 1.54) is 4.90 Å². The van der Waals surface area contributed by atoms with Gasteiger partial charge in [0, 0.05) is 17.3 Å². The number of carbonyl (C=O) groups excluding carboxylic acids is 2. The van der Waals surface area contributed by atoms with E-state index in [-0.39, 0.29) is 18.2 Å². The highest BCUT2D eigenvalue weighted by atomic mass is 35.5. The first-order valence-corrected chi connectivity index (χ1v) is 6.97. The molecule has 0 aromatic heterocycles. The van der Waals surface area contributed by atoms with E-state index in [9.17, 15) is 9.59 Å². The zero-order valence-corrected chi connectivity index (χ0v) is 12.4. The SMILES string of the molecule is CCN1C(=O)C(CC(=O)Nc2ccc(Cl)cc2)NC1=S. The first-order valence-electron chi connectivity index (χ1n) is 6.18. The van der Waals surface area contributed by atoms with Crippen LogP contribution in [0.5, 0.6) is 0 Å². The number of hydrogen-bond donors (Lipinski definition) is 2. The van der Waals surface area contributed by atoms with Gasteiger partial charge in [-0.25, -0.2) is 0 Å². The van der Waals surface area contributed by atoms with E-state index >= 15 is 0 Å². The second kappa shape index (κ2) is 6.19. The molecular weight excluding hydrogens is 298 g/mol. The molecule has 2 N–H and O–H groups in total. The lowest BCUT2D eigenvalue weighted by molar-refractivity contribution is -0.129. The Bertz CT molecular complexity index is 547. The van der Waals surface area contributed by atoms with Crippen molar-refractivity contribution in [1.82, 2.24) is 10.2 Å². The monoisotopic (exact) mass is 311 g/mol. The zero-order valence-electron chi connectivity index (χ0n) is 10.9. The molecule has 1 unspecified atom stereocenters. The summed E-state index contributed by atoms with van der Waals surface area (Å²) in [6, 6.07) is 6.18. The van der Waals surface area contributed by atoms with Crippen molar-refractivity contribution in [2.45, 2.75) is 19.4 Å². The molecule has 0 spiro atoms. The van der Waals surface area contributed by atoms with Crippen LogP contribution in [0.25, 0.3) is 0 Å². The van der Waals surface area contributed by atoms with Crippen LogP contribution in [0.3, 0.4) is 0 Å². The third-order valence-corrected chi connectivity index (χ3v) is 3.53. The van der Waals surface area contributed by atoms with Crippen LogP contribution >= 0.6 is 23.8 Å². The summed E-state index contributed by atoms with van der Waals surface area (Å²) in [5, 5.41) is 6.54. The van der Waals surface area contributed by atoms with Gasteiger partial charge >= 0.3 is 0 Å². The van der Waals surface area contributed by atoms with Crippen LogP contribution in [0.15, 0.2) is 24.3 Å². The third kappa shape index (κ3) is 3.26. The molecule has 1 fully saturated rings. The smallest absolute Gasteiger partial charge is 0.251 e. The number of hydrogen-bond acceptors (Lipinski definition) is 3. The average molecular weight is 312 g/mol. The van der Waals surface area contributed by atoms with Crippen molar-refractivity contribution in [2.75, 3.05) is 11.9 Å². The van der Waals surface area contributed by atoms with Gasteiger partial charge in [-0.05, 0) is 43.4 Å². The maximum Gasteiger partial charge on any atom is 0.251 e. The number of thiocarbonyl (C=S) groups is 1. The van der Waals surface area contributed by atoms with Gasteiger partial charge in [0.15, 0.2) is 5.11 Å². The predicted molar refractivity (Wildman–Crippen MR) is 81.6 cm³/mol. The fraction of sp³-hybridized carbons (Fsp3) is 0.308. The second-order valence-electron chi connectivity index (χ2n) is 4.34. The maximum absolute atomic E-state index is 12.0. The molecular formula is C13H14ClN3O2S.